The number of hydrogen-bond donors (Lipinski definition) is 5. The van der Waals surface area contributed by atoms with Gasteiger partial charge in [-0.3, -0.25) is 13.8 Å². The predicted octanol–water partition coefficient (Wildman–Crippen LogP) is 1.45. The number of nitrogen functional groups attached to an aromatic ring is 1. The van der Waals surface area contributed by atoms with E-state index in [1.807, 2.05) is 12.1 Å². The fourth-order valence-corrected chi connectivity index (χ4v) is 6.75. The van der Waals surface area contributed by atoms with Gasteiger partial charge in [-0.05, 0) is 33.3 Å². The first-order valence-electron chi connectivity index (χ1n) is 13.6. The van der Waals surface area contributed by atoms with Crippen LogP contribution >= 0.6 is 19.5 Å². The number of aliphatic hydroxyl groups excluding tert-OH is 2. The minimum absolute atomic E-state index is 0.00659. The first-order valence-corrected chi connectivity index (χ1v) is 16.2. The summed E-state index contributed by atoms with van der Waals surface area (Å²) in [5.41, 5.74) is 1.51. The van der Waals surface area contributed by atoms with E-state index in [0.717, 1.165) is 17.3 Å². The highest BCUT2D eigenvalue weighted by atomic mass is 32.2. The maximum absolute atomic E-state index is 13.8. The Bertz CT molecular complexity index is 1580. The number of carbonyl (C=O) groups excluding carboxylic acids is 1. The molecule has 2 aromatic heterocycles. The van der Waals surface area contributed by atoms with E-state index in [1.54, 1.807) is 45.0 Å². The topological polar surface area (TPSA) is 227 Å². The molecule has 1 saturated heterocycles. The van der Waals surface area contributed by atoms with Crippen LogP contribution in [0.3, 0.4) is 0 Å². The maximum atomic E-state index is 13.8. The van der Waals surface area contributed by atoms with Crippen LogP contribution in [0.25, 0.3) is 5.65 Å². The number of nitrogens with two attached hydrogens (primary N) is 1. The first-order chi connectivity index (χ1) is 20.7. The fourth-order valence-electron chi connectivity index (χ4n) is 4.51. The van der Waals surface area contributed by atoms with E-state index in [2.05, 4.69) is 20.2 Å². The number of thioether (sulfide) groups is 1. The largest absolute Gasteiger partial charge is 0.405 e. The lowest BCUT2D eigenvalue weighted by Crippen LogP contribution is -2.52. The average Bonchev–Trinajstić information content (AvgIpc) is 3.50. The van der Waals surface area contributed by atoms with E-state index < -0.39 is 43.2 Å². The second kappa shape index (κ2) is 13.2. The van der Waals surface area contributed by atoms with Gasteiger partial charge in [-0.25, -0.2) is 24.1 Å². The van der Waals surface area contributed by atoms with Gasteiger partial charge in [0, 0.05) is 12.3 Å². The quantitative estimate of drug-likeness (QED) is 0.130. The van der Waals surface area contributed by atoms with Crippen molar-refractivity contribution in [2.45, 2.75) is 57.6 Å². The highest BCUT2D eigenvalue weighted by Gasteiger charge is 2.66. The van der Waals surface area contributed by atoms with Crippen LogP contribution in [0.4, 0.5) is 5.82 Å². The second-order valence-electron chi connectivity index (χ2n) is 11.1. The Morgan fingerprint density at radius 2 is 2.05 bits per heavy atom. The number of aliphatic hydroxyl groups is 3. The summed E-state index contributed by atoms with van der Waals surface area (Å²) in [5, 5.41) is 49.1. The molecule has 5 atom stereocenters. The number of hydrogen-bond acceptors (Lipinski definition) is 14. The third-order valence-corrected chi connectivity index (χ3v) is 9.98. The number of fused-ring (bicyclic) bond motifs is 1. The molecule has 0 bridgehead atoms. The number of aryl methyl sites for hydroxylation is 1. The van der Waals surface area contributed by atoms with Gasteiger partial charge in [0.2, 0.25) is 5.60 Å². The molecule has 1 aromatic carbocycles. The minimum Gasteiger partial charge on any atom is -0.395 e. The highest BCUT2D eigenvalue weighted by Crippen LogP contribution is 2.50. The van der Waals surface area contributed by atoms with Crippen LogP contribution in [0.1, 0.15) is 37.9 Å². The lowest BCUT2D eigenvalue weighted by atomic mass is 9.80. The standard InChI is InChI=1S/C27H36N7O8PS/c1-17-32-22(29)23-30-13-20(34(23)33-17)27(15-28)26(4,38)21(36)19(42-27)14-41-43(39,31-12-18-8-6-5-7-9-18)40-10-11-44-24(37)25(2,3)16-35/h5-9,13,19,21,35-36,38H,10-12,14,16H2,1-4H3,(H,31,39)(H2,29,32,33)/t19-,21-,26-,27+,43?/m1/s1. The average molecular weight is 650 g/mol. The predicted molar refractivity (Wildman–Crippen MR) is 160 cm³/mol. The Morgan fingerprint density at radius 1 is 1.34 bits per heavy atom. The monoisotopic (exact) mass is 649 g/mol. The summed E-state index contributed by atoms with van der Waals surface area (Å²) in [4.78, 5) is 20.6. The summed E-state index contributed by atoms with van der Waals surface area (Å²) in [7, 11) is -4.11. The molecule has 1 aliphatic heterocycles. The number of imidazole rings is 1. The second-order valence-corrected chi connectivity index (χ2v) is 14.0. The normalized spacial score (nSPS) is 25.1. The Morgan fingerprint density at radius 3 is 2.70 bits per heavy atom. The van der Waals surface area contributed by atoms with Gasteiger partial charge >= 0.3 is 7.75 Å². The zero-order valence-electron chi connectivity index (χ0n) is 24.7. The lowest BCUT2D eigenvalue weighted by Gasteiger charge is -2.32. The van der Waals surface area contributed by atoms with Gasteiger partial charge in [0.05, 0.1) is 31.4 Å². The van der Waals surface area contributed by atoms with Crippen LogP contribution in [-0.4, -0.2) is 83.4 Å². The molecule has 0 amide bonds. The van der Waals surface area contributed by atoms with Gasteiger partial charge in [-0.1, -0.05) is 42.1 Å². The maximum Gasteiger partial charge on any atom is 0.405 e. The number of ether oxygens (including phenoxy) is 1. The van der Waals surface area contributed by atoms with Gasteiger partial charge in [0.15, 0.2) is 16.6 Å². The van der Waals surface area contributed by atoms with Crippen molar-refractivity contribution in [2.24, 2.45) is 5.41 Å². The summed E-state index contributed by atoms with van der Waals surface area (Å²) < 4.78 is 32.3. The SMILES string of the molecule is Cc1nc(N)c2ncc([C@]3(C#N)O[C@H](COP(=O)(NCc4ccccc4)OCCSC(=O)C(C)(C)CO)[C@@H](O)[C@@]3(C)O)n2n1. The zero-order valence-corrected chi connectivity index (χ0v) is 26.4. The number of benzene rings is 1. The fraction of sp³-hybridized carbons (Fsp3) is 0.519. The van der Waals surface area contributed by atoms with Crippen molar-refractivity contribution >= 4 is 36.1 Å². The van der Waals surface area contributed by atoms with Gasteiger partial charge in [-0.2, -0.15) is 10.4 Å². The Balaban J connectivity index is 1.53. The molecule has 0 aliphatic carbocycles. The van der Waals surface area contributed by atoms with Crippen LogP contribution < -0.4 is 10.8 Å². The molecule has 3 aromatic rings. The lowest BCUT2D eigenvalue weighted by molar-refractivity contribution is -0.119. The molecule has 4 rings (SSSR count). The molecular weight excluding hydrogens is 613 g/mol. The Hall–Kier alpha value is -2.97. The van der Waals surface area contributed by atoms with Crippen molar-refractivity contribution in [1.29, 1.82) is 5.26 Å². The van der Waals surface area contributed by atoms with E-state index in [9.17, 15) is 29.9 Å². The summed E-state index contributed by atoms with van der Waals surface area (Å²) in [6.45, 7) is 5.08. The summed E-state index contributed by atoms with van der Waals surface area (Å²) in [6, 6.07) is 11.0. The number of nitrogens with one attached hydrogen (secondary N) is 1. The van der Waals surface area contributed by atoms with E-state index >= 15 is 0 Å². The van der Waals surface area contributed by atoms with Crippen LogP contribution in [0.2, 0.25) is 0 Å². The van der Waals surface area contributed by atoms with Crippen molar-refractivity contribution < 1.29 is 38.5 Å². The summed E-state index contributed by atoms with van der Waals surface area (Å²) in [5.74, 6) is 0.427. The number of carbonyl (C=O) groups is 1. The molecule has 3 heterocycles. The third kappa shape index (κ3) is 6.66. The highest BCUT2D eigenvalue weighted by molar-refractivity contribution is 8.13. The van der Waals surface area contributed by atoms with Crippen molar-refractivity contribution in [1.82, 2.24) is 24.7 Å². The third-order valence-electron chi connectivity index (χ3n) is 7.24. The minimum atomic E-state index is -4.11. The molecule has 15 nitrogen and oxygen atoms in total. The molecule has 238 valence electrons. The number of rotatable bonds is 13. The number of nitriles is 1. The molecule has 1 aliphatic rings. The van der Waals surface area contributed by atoms with Gasteiger partial charge in [-0.15, -0.1) is 0 Å². The van der Waals surface area contributed by atoms with E-state index in [1.165, 1.54) is 17.6 Å². The van der Waals surface area contributed by atoms with Crippen LogP contribution in [-0.2, 0) is 35.3 Å². The van der Waals surface area contributed by atoms with Gasteiger partial charge in [0.25, 0.3) is 0 Å². The summed E-state index contributed by atoms with van der Waals surface area (Å²) in [6.07, 6.45) is -1.79. The van der Waals surface area contributed by atoms with Crippen LogP contribution in [0.15, 0.2) is 36.5 Å². The van der Waals surface area contributed by atoms with Crippen molar-refractivity contribution in [2.75, 3.05) is 31.3 Å². The molecular formula is C27H36N7O8PS. The molecule has 6 N–H and O–H groups in total. The zero-order chi connectivity index (χ0) is 32.3. The van der Waals surface area contributed by atoms with Crippen LogP contribution in [0.5, 0.6) is 0 Å². The number of anilines is 1. The van der Waals surface area contributed by atoms with E-state index in [-0.39, 0.29) is 53.6 Å². The van der Waals surface area contributed by atoms with E-state index in [4.69, 9.17) is 19.5 Å². The molecule has 0 radical (unpaired) electrons. The van der Waals surface area contributed by atoms with Crippen molar-refractivity contribution in [3.05, 3.63) is 53.6 Å². The smallest absolute Gasteiger partial charge is 0.395 e. The van der Waals surface area contributed by atoms with Gasteiger partial charge < -0.3 is 25.8 Å². The molecule has 0 saturated carbocycles. The molecule has 1 fully saturated rings. The van der Waals surface area contributed by atoms with E-state index in [0.29, 0.717) is 0 Å². The Kier molecular flexibility index (Phi) is 10.2. The molecule has 0 spiro atoms. The number of aromatic nitrogens is 4. The van der Waals surface area contributed by atoms with Crippen molar-refractivity contribution in [3.8, 4) is 6.07 Å². The van der Waals surface area contributed by atoms with Crippen LogP contribution in [0, 0.1) is 23.7 Å². The first kappa shape index (κ1) is 33.9. The number of nitrogens with zero attached hydrogens (tertiary/aromatic N) is 5. The van der Waals surface area contributed by atoms with Crippen molar-refractivity contribution in [3.63, 3.8) is 0 Å². The molecule has 17 heteroatoms. The molecule has 44 heavy (non-hydrogen) atoms. The summed E-state index contributed by atoms with van der Waals surface area (Å²) >= 11 is 0.921. The Labute approximate surface area is 258 Å². The molecule has 1 unspecified atom stereocenters. The van der Waals surface area contributed by atoms with Gasteiger partial charge in [0.1, 0.15) is 35.4 Å².